The quantitative estimate of drug-likeness (QED) is 0.323. The first kappa shape index (κ1) is 22.2. The molecule has 2 heterocycles. The maximum absolute atomic E-state index is 13.3. The van der Waals surface area contributed by atoms with E-state index in [-0.39, 0.29) is 28.9 Å². The predicted octanol–water partition coefficient (Wildman–Crippen LogP) is 3.95. The Bertz CT molecular complexity index is 1340. The molecule has 1 unspecified atom stereocenters. The highest BCUT2D eigenvalue weighted by molar-refractivity contribution is 6.30. The van der Waals surface area contributed by atoms with Crippen LogP contribution in [0.2, 0.25) is 5.02 Å². The van der Waals surface area contributed by atoms with Crippen LogP contribution < -0.4 is 10.6 Å². The third kappa shape index (κ3) is 4.75. The molecular weight excluding hydrogens is 451 g/mol. The van der Waals surface area contributed by atoms with Crippen molar-refractivity contribution < 1.29 is 19.1 Å². The number of hydrogen-bond donors (Lipinski definition) is 4. The maximum Gasteiger partial charge on any atom is 0.335 e. The molecule has 9 nitrogen and oxygen atoms in total. The minimum absolute atomic E-state index is 0.0258. The molecule has 0 aliphatic carbocycles. The average molecular weight is 469 g/mol. The maximum atomic E-state index is 13.3. The van der Waals surface area contributed by atoms with Crippen molar-refractivity contribution in [2.75, 3.05) is 5.32 Å². The minimum Gasteiger partial charge on any atom is -0.478 e. The summed E-state index contributed by atoms with van der Waals surface area (Å²) in [5.41, 5.74) is 2.56. The van der Waals surface area contributed by atoms with E-state index in [1.807, 2.05) is 6.92 Å². The topological polar surface area (TPSA) is 133 Å². The number of aromatic carboxylic acids is 1. The Morgan fingerprint density at radius 3 is 2.64 bits per heavy atom. The predicted molar refractivity (Wildman–Crippen MR) is 120 cm³/mol. The minimum atomic E-state index is -0.995. The molecule has 11 heteroatoms. The number of aromatic amines is 1. The number of carboxylic acid groups (broad SMARTS) is 1. The molecule has 0 aliphatic rings. The van der Waals surface area contributed by atoms with Gasteiger partial charge >= 0.3 is 5.97 Å². The van der Waals surface area contributed by atoms with Crippen LogP contribution in [0.5, 0.6) is 0 Å². The Balaban J connectivity index is 1.50. The van der Waals surface area contributed by atoms with Gasteiger partial charge in [-0.15, -0.1) is 0 Å². The highest BCUT2D eigenvalue weighted by atomic mass is 35.5. The van der Waals surface area contributed by atoms with Gasteiger partial charge in [-0.05, 0) is 42.3 Å². The number of nitrogens with zero attached hydrogens (tertiary/aromatic N) is 3. The van der Waals surface area contributed by atoms with Crippen molar-refractivity contribution in [3.05, 3.63) is 82.0 Å². The van der Waals surface area contributed by atoms with E-state index in [1.54, 1.807) is 12.1 Å². The second-order valence-corrected chi connectivity index (χ2v) is 7.65. The Morgan fingerprint density at radius 1 is 1.18 bits per heavy atom. The summed E-state index contributed by atoms with van der Waals surface area (Å²) in [6.45, 7) is 2.02. The first-order valence-corrected chi connectivity index (χ1v) is 10.2. The molecule has 2 aromatic carbocycles. The normalized spacial score (nSPS) is 11.8. The van der Waals surface area contributed by atoms with Crippen LogP contribution in [-0.4, -0.2) is 37.1 Å². The number of benzene rings is 2. The fourth-order valence-corrected chi connectivity index (χ4v) is 3.43. The standard InChI is InChI=1S/C22H18ClFN6O3/c1-11(13-3-5-14(6-4-13)22(32)33)28-20-18-17(29-30-20)19(27-10-26-18)21(31)25-9-12-2-7-16(24)15(23)8-12/h2-8,10-11H,9H2,1H3,(H,25,31)(H,32,33)(H2,28,29,30). The summed E-state index contributed by atoms with van der Waals surface area (Å²) in [5, 5.41) is 21.9. The Kier molecular flexibility index (Phi) is 6.18. The highest BCUT2D eigenvalue weighted by Gasteiger charge is 2.19. The summed E-state index contributed by atoms with van der Waals surface area (Å²) in [4.78, 5) is 32.0. The summed E-state index contributed by atoms with van der Waals surface area (Å²) in [6, 6.07) is 10.5. The van der Waals surface area contributed by atoms with Crippen LogP contribution in [-0.2, 0) is 6.54 Å². The Morgan fingerprint density at radius 2 is 1.94 bits per heavy atom. The van der Waals surface area contributed by atoms with E-state index in [0.29, 0.717) is 22.4 Å². The van der Waals surface area contributed by atoms with E-state index in [1.165, 1.54) is 36.7 Å². The molecule has 0 spiro atoms. The summed E-state index contributed by atoms with van der Waals surface area (Å²) in [5.74, 6) is -1.57. The molecule has 0 saturated carbocycles. The number of fused-ring (bicyclic) bond motifs is 1. The molecule has 4 aromatic rings. The zero-order chi connectivity index (χ0) is 23.5. The second-order valence-electron chi connectivity index (χ2n) is 7.24. The van der Waals surface area contributed by atoms with Gasteiger partial charge in [0.15, 0.2) is 11.5 Å². The molecule has 0 bridgehead atoms. The average Bonchev–Trinajstić information content (AvgIpc) is 3.22. The van der Waals surface area contributed by atoms with Crippen molar-refractivity contribution in [1.82, 2.24) is 25.5 Å². The van der Waals surface area contributed by atoms with E-state index in [2.05, 4.69) is 30.8 Å². The van der Waals surface area contributed by atoms with Crippen LogP contribution in [0.3, 0.4) is 0 Å². The summed E-state index contributed by atoms with van der Waals surface area (Å²) in [7, 11) is 0. The Labute approximate surface area is 192 Å². The van der Waals surface area contributed by atoms with Crippen molar-refractivity contribution in [3.63, 3.8) is 0 Å². The molecule has 2 aromatic heterocycles. The lowest BCUT2D eigenvalue weighted by Crippen LogP contribution is -2.24. The van der Waals surface area contributed by atoms with Gasteiger partial charge in [-0.1, -0.05) is 29.8 Å². The van der Waals surface area contributed by atoms with Gasteiger partial charge in [0.05, 0.1) is 16.6 Å². The second kappa shape index (κ2) is 9.21. The lowest BCUT2D eigenvalue weighted by atomic mass is 10.1. The van der Waals surface area contributed by atoms with E-state index in [0.717, 1.165) is 5.56 Å². The van der Waals surface area contributed by atoms with Gasteiger partial charge in [0.2, 0.25) is 0 Å². The third-order valence-corrected chi connectivity index (χ3v) is 5.30. The molecular formula is C22H18ClFN6O3. The molecule has 0 fully saturated rings. The number of halogens is 2. The number of carbonyl (C=O) groups excluding carboxylic acids is 1. The van der Waals surface area contributed by atoms with Gasteiger partial charge in [-0.3, -0.25) is 9.89 Å². The number of carbonyl (C=O) groups is 2. The fraction of sp³-hybridized carbons (Fsp3) is 0.136. The smallest absolute Gasteiger partial charge is 0.335 e. The lowest BCUT2D eigenvalue weighted by Gasteiger charge is -2.14. The highest BCUT2D eigenvalue weighted by Crippen LogP contribution is 2.25. The molecule has 4 rings (SSSR count). The number of hydrogen-bond acceptors (Lipinski definition) is 6. The first-order valence-electron chi connectivity index (χ1n) is 9.84. The van der Waals surface area contributed by atoms with Crippen LogP contribution in [0.4, 0.5) is 10.2 Å². The van der Waals surface area contributed by atoms with Crippen LogP contribution in [0.15, 0.2) is 48.8 Å². The van der Waals surface area contributed by atoms with Gasteiger partial charge in [0.25, 0.3) is 5.91 Å². The molecule has 0 aliphatic heterocycles. The van der Waals surface area contributed by atoms with Crippen molar-refractivity contribution >= 4 is 40.3 Å². The van der Waals surface area contributed by atoms with E-state index < -0.39 is 17.7 Å². The zero-order valence-electron chi connectivity index (χ0n) is 17.3. The van der Waals surface area contributed by atoms with Crippen molar-refractivity contribution in [2.45, 2.75) is 19.5 Å². The summed E-state index contributed by atoms with van der Waals surface area (Å²) in [6.07, 6.45) is 1.26. The molecule has 0 radical (unpaired) electrons. The Hall–Kier alpha value is -4.05. The van der Waals surface area contributed by atoms with Crippen molar-refractivity contribution in [3.8, 4) is 0 Å². The zero-order valence-corrected chi connectivity index (χ0v) is 18.0. The number of nitrogens with one attached hydrogen (secondary N) is 3. The van der Waals surface area contributed by atoms with Crippen LogP contribution >= 0.6 is 11.6 Å². The number of anilines is 1. The lowest BCUT2D eigenvalue weighted by molar-refractivity contribution is 0.0696. The first-order chi connectivity index (χ1) is 15.8. The van der Waals surface area contributed by atoms with Crippen molar-refractivity contribution in [1.29, 1.82) is 0 Å². The van der Waals surface area contributed by atoms with Gasteiger partial charge in [-0.2, -0.15) is 5.10 Å². The SMILES string of the molecule is CC(Nc1n[nH]c2c(C(=O)NCc3ccc(F)c(Cl)c3)ncnc12)c1ccc(C(=O)O)cc1. The van der Waals surface area contributed by atoms with Gasteiger partial charge < -0.3 is 15.7 Å². The molecule has 1 amide bonds. The van der Waals surface area contributed by atoms with Gasteiger partial charge in [0, 0.05) is 6.54 Å². The molecule has 4 N–H and O–H groups in total. The van der Waals surface area contributed by atoms with E-state index >= 15 is 0 Å². The van der Waals surface area contributed by atoms with Crippen molar-refractivity contribution in [2.24, 2.45) is 0 Å². The monoisotopic (exact) mass is 468 g/mol. The van der Waals surface area contributed by atoms with Gasteiger partial charge in [-0.25, -0.2) is 19.2 Å². The third-order valence-electron chi connectivity index (χ3n) is 5.01. The summed E-state index contributed by atoms with van der Waals surface area (Å²) < 4.78 is 13.3. The molecule has 33 heavy (non-hydrogen) atoms. The summed E-state index contributed by atoms with van der Waals surface area (Å²) >= 11 is 5.78. The fourth-order valence-electron chi connectivity index (χ4n) is 3.23. The molecule has 0 saturated heterocycles. The van der Waals surface area contributed by atoms with Gasteiger partial charge in [0.1, 0.15) is 23.2 Å². The van der Waals surface area contributed by atoms with Crippen LogP contribution in [0, 0.1) is 5.82 Å². The number of carboxylic acids is 1. The van der Waals surface area contributed by atoms with E-state index in [9.17, 15) is 14.0 Å². The number of aromatic nitrogens is 4. The largest absolute Gasteiger partial charge is 0.478 e. The number of rotatable bonds is 7. The van der Waals surface area contributed by atoms with E-state index in [4.69, 9.17) is 16.7 Å². The van der Waals surface area contributed by atoms with Crippen LogP contribution in [0.1, 0.15) is 44.9 Å². The number of H-pyrrole nitrogens is 1. The van der Waals surface area contributed by atoms with Crippen LogP contribution in [0.25, 0.3) is 11.0 Å². The molecule has 1 atom stereocenters. The number of amides is 1. The molecule has 168 valence electrons.